The number of rotatable bonds is 45. The van der Waals surface area contributed by atoms with Gasteiger partial charge < -0.3 is 45.4 Å². The first-order valence-corrected chi connectivity index (χ1v) is 26.5. The molecule has 1 rings (SSSR count). The highest BCUT2D eigenvalue weighted by Crippen LogP contribution is 2.23. The second-order valence-corrected chi connectivity index (χ2v) is 18.8. The van der Waals surface area contributed by atoms with Crippen LogP contribution >= 0.6 is 0 Å². The molecule has 62 heavy (non-hydrogen) atoms. The third-order valence-corrected chi connectivity index (χ3v) is 13.0. The van der Waals surface area contributed by atoms with Crippen LogP contribution in [0.25, 0.3) is 0 Å². The van der Waals surface area contributed by atoms with Crippen LogP contribution in [0.2, 0.25) is 0 Å². The number of hydrogen-bond donors (Lipinski definition) is 7. The van der Waals surface area contributed by atoms with Crippen molar-refractivity contribution < 1.29 is 44.9 Å². The van der Waals surface area contributed by atoms with Crippen LogP contribution in [-0.4, -0.2) is 98.7 Å². The van der Waals surface area contributed by atoms with Crippen molar-refractivity contribution in [3.8, 4) is 0 Å². The smallest absolute Gasteiger partial charge is 0.249 e. The number of allylic oxidation sites excluding steroid dienone is 2. The van der Waals surface area contributed by atoms with Gasteiger partial charge >= 0.3 is 0 Å². The third kappa shape index (κ3) is 31.7. The Morgan fingerprint density at radius 3 is 1.31 bits per heavy atom. The lowest BCUT2D eigenvalue weighted by atomic mass is 9.99. The fourth-order valence-electron chi connectivity index (χ4n) is 8.63. The number of amides is 1. The number of carbonyl (C=O) groups is 1. The summed E-state index contributed by atoms with van der Waals surface area (Å²) >= 11 is 0. The molecule has 1 aliphatic rings. The maximum Gasteiger partial charge on any atom is 0.249 e. The first kappa shape index (κ1) is 58.9. The highest BCUT2D eigenvalue weighted by Gasteiger charge is 2.44. The van der Waals surface area contributed by atoms with Crippen molar-refractivity contribution in [1.29, 1.82) is 0 Å². The fourth-order valence-corrected chi connectivity index (χ4v) is 8.63. The molecule has 0 aliphatic carbocycles. The molecule has 0 radical (unpaired) electrons. The summed E-state index contributed by atoms with van der Waals surface area (Å²) in [6, 6.07) is -0.892. The lowest BCUT2D eigenvalue weighted by Gasteiger charge is -2.40. The number of hydrogen-bond acceptors (Lipinski definition) is 9. The second kappa shape index (κ2) is 42.5. The quantitative estimate of drug-likeness (QED) is 0.0232. The van der Waals surface area contributed by atoms with E-state index in [1.165, 1.54) is 173 Å². The SMILES string of the molecule is CCCCCCCCCCCCCC/C=C\CCCCCCCCCCC(O)C(=O)NC(COC1OC(CO)C(O)C(O)C1O)C(O)CCCCCCCCCCCCCCC. The molecule has 10 heteroatoms. The summed E-state index contributed by atoms with van der Waals surface area (Å²) in [5, 5.41) is 65.0. The van der Waals surface area contributed by atoms with Crippen LogP contribution in [0.3, 0.4) is 0 Å². The van der Waals surface area contributed by atoms with E-state index in [0.29, 0.717) is 12.8 Å². The zero-order chi connectivity index (χ0) is 45.3. The van der Waals surface area contributed by atoms with Gasteiger partial charge in [0.15, 0.2) is 6.29 Å². The van der Waals surface area contributed by atoms with E-state index < -0.39 is 61.5 Å². The first-order chi connectivity index (χ1) is 30.3. The van der Waals surface area contributed by atoms with E-state index >= 15 is 0 Å². The van der Waals surface area contributed by atoms with Gasteiger partial charge in [-0.25, -0.2) is 0 Å². The molecular formula is C52H101NO9. The average Bonchev–Trinajstić information content (AvgIpc) is 3.27. The van der Waals surface area contributed by atoms with Crippen LogP contribution in [0.1, 0.15) is 251 Å². The Morgan fingerprint density at radius 2 is 0.903 bits per heavy atom. The molecule has 0 spiro atoms. The minimum atomic E-state index is -1.59. The van der Waals surface area contributed by atoms with E-state index in [2.05, 4.69) is 31.3 Å². The van der Waals surface area contributed by atoms with E-state index in [1.807, 2.05) is 0 Å². The highest BCUT2D eigenvalue weighted by atomic mass is 16.7. The molecule has 368 valence electrons. The maximum absolute atomic E-state index is 13.1. The van der Waals surface area contributed by atoms with E-state index in [0.717, 1.165) is 51.4 Å². The van der Waals surface area contributed by atoms with Crippen molar-refractivity contribution in [2.75, 3.05) is 13.2 Å². The van der Waals surface area contributed by atoms with Crippen LogP contribution in [0.5, 0.6) is 0 Å². The van der Waals surface area contributed by atoms with Crippen molar-refractivity contribution in [2.24, 2.45) is 0 Å². The number of aliphatic hydroxyl groups excluding tert-OH is 6. The van der Waals surface area contributed by atoms with Crippen LogP contribution in [0, 0.1) is 0 Å². The summed E-state index contributed by atoms with van der Waals surface area (Å²) in [7, 11) is 0. The minimum absolute atomic E-state index is 0.253. The molecule has 1 heterocycles. The average molecular weight is 884 g/mol. The zero-order valence-electron chi connectivity index (χ0n) is 40.3. The Kier molecular flexibility index (Phi) is 40.4. The molecule has 0 aromatic carbocycles. The predicted octanol–water partition coefficient (Wildman–Crippen LogP) is 11.0. The molecular weight excluding hydrogens is 783 g/mol. The van der Waals surface area contributed by atoms with Gasteiger partial charge in [-0.1, -0.05) is 225 Å². The number of ether oxygens (including phenoxy) is 2. The van der Waals surface area contributed by atoms with Gasteiger partial charge in [0.2, 0.25) is 5.91 Å². The molecule has 0 aromatic heterocycles. The molecule has 10 nitrogen and oxygen atoms in total. The lowest BCUT2D eigenvalue weighted by molar-refractivity contribution is -0.302. The summed E-state index contributed by atoms with van der Waals surface area (Å²) in [5.74, 6) is -0.583. The molecule has 7 N–H and O–H groups in total. The van der Waals surface area contributed by atoms with E-state index in [4.69, 9.17) is 9.47 Å². The molecule has 0 aromatic rings. The largest absolute Gasteiger partial charge is 0.394 e. The van der Waals surface area contributed by atoms with E-state index in [9.17, 15) is 35.4 Å². The summed E-state index contributed by atoms with van der Waals surface area (Å²) < 4.78 is 11.2. The Morgan fingerprint density at radius 1 is 0.532 bits per heavy atom. The molecule has 8 unspecified atom stereocenters. The highest BCUT2D eigenvalue weighted by molar-refractivity contribution is 5.80. The van der Waals surface area contributed by atoms with Gasteiger partial charge in [-0.3, -0.25) is 4.79 Å². The van der Waals surface area contributed by atoms with Gasteiger partial charge in [0, 0.05) is 0 Å². The zero-order valence-corrected chi connectivity index (χ0v) is 40.3. The van der Waals surface area contributed by atoms with Crippen LogP contribution in [-0.2, 0) is 14.3 Å². The molecule has 1 saturated heterocycles. The molecule has 8 atom stereocenters. The molecule has 1 fully saturated rings. The normalized spacial score (nSPS) is 20.8. The van der Waals surface area contributed by atoms with Gasteiger partial charge in [-0.15, -0.1) is 0 Å². The lowest BCUT2D eigenvalue weighted by Crippen LogP contribution is -2.60. The monoisotopic (exact) mass is 884 g/mol. The number of nitrogens with one attached hydrogen (secondary N) is 1. The van der Waals surface area contributed by atoms with Gasteiger partial charge in [0.25, 0.3) is 0 Å². The van der Waals surface area contributed by atoms with Crippen molar-refractivity contribution in [3.05, 3.63) is 12.2 Å². The molecule has 0 bridgehead atoms. The Bertz CT molecular complexity index is 999. The van der Waals surface area contributed by atoms with Gasteiger partial charge in [-0.2, -0.15) is 0 Å². The Hall–Kier alpha value is -1.11. The van der Waals surface area contributed by atoms with Crippen LogP contribution < -0.4 is 5.32 Å². The van der Waals surface area contributed by atoms with Crippen molar-refractivity contribution in [1.82, 2.24) is 5.32 Å². The summed E-state index contributed by atoms with van der Waals surface area (Å²) in [6.07, 6.45) is 39.8. The molecule has 0 saturated carbocycles. The predicted molar refractivity (Wildman–Crippen MR) is 255 cm³/mol. The Balaban J connectivity index is 2.26. The van der Waals surface area contributed by atoms with Crippen molar-refractivity contribution in [3.63, 3.8) is 0 Å². The van der Waals surface area contributed by atoms with E-state index in [-0.39, 0.29) is 6.61 Å². The molecule has 1 aliphatic heterocycles. The summed E-state index contributed by atoms with van der Waals surface area (Å²) in [4.78, 5) is 13.1. The maximum atomic E-state index is 13.1. The minimum Gasteiger partial charge on any atom is -0.394 e. The first-order valence-electron chi connectivity index (χ1n) is 26.5. The molecule has 1 amide bonds. The Labute approximate surface area is 380 Å². The van der Waals surface area contributed by atoms with E-state index in [1.54, 1.807) is 0 Å². The number of carbonyl (C=O) groups excluding carboxylic acids is 1. The second-order valence-electron chi connectivity index (χ2n) is 18.8. The fraction of sp³-hybridized carbons (Fsp3) is 0.942. The third-order valence-electron chi connectivity index (χ3n) is 13.0. The van der Waals surface area contributed by atoms with Gasteiger partial charge in [0.1, 0.15) is 30.5 Å². The standard InChI is InChI=1S/C52H101NO9/c1-3-5-7-9-11-13-15-17-18-19-20-21-22-23-24-25-26-27-29-31-33-35-37-39-41-46(56)51(60)53-44(43-61-52-50(59)49(58)48(57)47(42-54)62-52)45(55)40-38-36-34-32-30-28-16-14-12-10-8-6-4-2/h23-24,44-50,52,54-59H,3-22,25-43H2,1-2H3,(H,53,60)/b24-23-. The van der Waals surface area contributed by atoms with Crippen molar-refractivity contribution in [2.45, 2.75) is 300 Å². The van der Waals surface area contributed by atoms with Gasteiger partial charge in [-0.05, 0) is 38.5 Å². The van der Waals surface area contributed by atoms with Crippen molar-refractivity contribution >= 4 is 5.91 Å². The summed E-state index contributed by atoms with van der Waals surface area (Å²) in [5.41, 5.74) is 0. The van der Waals surface area contributed by atoms with Crippen LogP contribution in [0.4, 0.5) is 0 Å². The topological polar surface area (TPSA) is 169 Å². The number of unbranched alkanes of at least 4 members (excludes halogenated alkanes) is 32. The number of aliphatic hydroxyl groups is 6. The van der Waals surface area contributed by atoms with Crippen LogP contribution in [0.15, 0.2) is 12.2 Å². The summed E-state index contributed by atoms with van der Waals surface area (Å²) in [6.45, 7) is 3.69. The van der Waals surface area contributed by atoms with Gasteiger partial charge in [0.05, 0.1) is 25.4 Å².